The van der Waals surface area contributed by atoms with Crippen molar-refractivity contribution in [3.8, 4) is 23.3 Å². The third-order valence-electron chi connectivity index (χ3n) is 6.05. The first-order valence-electron chi connectivity index (χ1n) is 11.0. The Morgan fingerprint density at radius 2 is 1.91 bits per heavy atom. The first kappa shape index (κ1) is 21.0. The molecule has 0 radical (unpaired) electrons. The van der Waals surface area contributed by atoms with Gasteiger partial charge >= 0.3 is 0 Å². The molecule has 168 valence electrons. The molecule has 0 unspecified atom stereocenters. The molecule has 0 bridgehead atoms. The number of rotatable bonds is 5. The monoisotopic (exact) mass is 443 g/mol. The number of amides is 1. The molecule has 1 saturated heterocycles. The number of carbonyl (C=O) groups is 1. The van der Waals surface area contributed by atoms with E-state index in [-0.39, 0.29) is 6.04 Å². The van der Waals surface area contributed by atoms with Crippen LogP contribution in [0.3, 0.4) is 0 Å². The molecule has 2 aliphatic rings. The van der Waals surface area contributed by atoms with Crippen molar-refractivity contribution in [3.63, 3.8) is 0 Å². The maximum Gasteiger partial charge on any atom is 0.269 e. The number of primary amides is 1. The van der Waals surface area contributed by atoms with Crippen molar-refractivity contribution >= 4 is 11.6 Å². The van der Waals surface area contributed by atoms with Crippen molar-refractivity contribution in [1.29, 1.82) is 5.26 Å². The summed E-state index contributed by atoms with van der Waals surface area (Å²) in [5, 5.41) is 20.6. The van der Waals surface area contributed by atoms with Gasteiger partial charge in [-0.05, 0) is 48.9 Å². The predicted molar refractivity (Wildman–Crippen MR) is 124 cm³/mol. The largest absolute Gasteiger partial charge is 0.457 e. The van der Waals surface area contributed by atoms with Gasteiger partial charge in [0.15, 0.2) is 5.69 Å². The van der Waals surface area contributed by atoms with Gasteiger partial charge in [-0.15, -0.1) is 0 Å². The molecule has 33 heavy (non-hydrogen) atoms. The molecule has 3 aromatic rings. The third kappa shape index (κ3) is 4.14. The van der Waals surface area contributed by atoms with Crippen molar-refractivity contribution in [3.05, 3.63) is 65.5 Å². The number of fused-ring (bicyclic) bond motifs is 1. The second-order valence-electron chi connectivity index (χ2n) is 8.14. The minimum Gasteiger partial charge on any atom is -0.457 e. The third-order valence-corrected chi connectivity index (χ3v) is 6.05. The quantitative estimate of drug-likeness (QED) is 0.554. The standard InChI is InChI=1S/C24H25N7O2/c25-15-16-2-1-3-19(14-16)33-18-6-4-17(5-7-18)31-23(24(26)32)22-21(29-31)20(8-9-28-22)30-12-10-27-11-13-30/h1-7,14,20,27-28H,8-13H2,(H2,26,32)/t20-/m1/s1. The molecule has 9 nitrogen and oxygen atoms in total. The lowest BCUT2D eigenvalue weighted by Crippen LogP contribution is -2.46. The van der Waals surface area contributed by atoms with Crippen LogP contribution >= 0.6 is 0 Å². The minimum absolute atomic E-state index is 0.151. The van der Waals surface area contributed by atoms with E-state index in [0.29, 0.717) is 22.8 Å². The summed E-state index contributed by atoms with van der Waals surface area (Å²) >= 11 is 0. The number of nitrogens with zero attached hydrogens (tertiary/aromatic N) is 4. The molecular weight excluding hydrogens is 418 g/mol. The number of carbonyl (C=O) groups excluding carboxylic acids is 1. The average molecular weight is 444 g/mol. The van der Waals surface area contributed by atoms with Gasteiger partial charge in [0, 0.05) is 32.7 Å². The Kier molecular flexibility index (Phi) is 5.69. The highest BCUT2D eigenvalue weighted by atomic mass is 16.5. The molecule has 0 aliphatic carbocycles. The summed E-state index contributed by atoms with van der Waals surface area (Å²) in [6.45, 7) is 4.55. The smallest absolute Gasteiger partial charge is 0.269 e. The van der Waals surface area contributed by atoms with Crippen LogP contribution in [-0.4, -0.2) is 53.3 Å². The maximum atomic E-state index is 12.4. The minimum atomic E-state index is -0.522. The van der Waals surface area contributed by atoms with Gasteiger partial charge in [0.05, 0.1) is 29.0 Å². The molecule has 9 heteroatoms. The number of aromatic nitrogens is 2. The summed E-state index contributed by atoms with van der Waals surface area (Å²) < 4.78 is 7.50. The van der Waals surface area contributed by atoms with Crippen molar-refractivity contribution in [2.45, 2.75) is 12.5 Å². The molecule has 0 spiro atoms. The molecule has 1 atom stereocenters. The van der Waals surface area contributed by atoms with Crippen LogP contribution in [0, 0.1) is 11.3 Å². The van der Waals surface area contributed by atoms with E-state index < -0.39 is 5.91 Å². The molecule has 5 rings (SSSR count). The summed E-state index contributed by atoms with van der Waals surface area (Å²) in [6, 6.07) is 16.5. The van der Waals surface area contributed by atoms with E-state index in [1.165, 1.54) is 0 Å². The first-order chi connectivity index (χ1) is 16.1. The molecule has 1 fully saturated rings. The van der Waals surface area contributed by atoms with Gasteiger partial charge in [0.25, 0.3) is 5.91 Å². The Morgan fingerprint density at radius 1 is 1.12 bits per heavy atom. The maximum absolute atomic E-state index is 12.4. The summed E-state index contributed by atoms with van der Waals surface area (Å²) in [7, 11) is 0. The Labute approximate surface area is 191 Å². The molecule has 2 aliphatic heterocycles. The highest BCUT2D eigenvalue weighted by Gasteiger charge is 2.34. The van der Waals surface area contributed by atoms with E-state index in [1.54, 1.807) is 41.1 Å². The number of nitrogens with two attached hydrogens (primary N) is 1. The number of nitriles is 1. The summed E-state index contributed by atoms with van der Waals surface area (Å²) in [5.74, 6) is 0.672. The zero-order chi connectivity index (χ0) is 22.8. The SMILES string of the molecule is N#Cc1cccc(Oc2ccc(-n3nc4c(c3C(N)=O)NCC[C@H]4N3CCNCC3)cc2)c1. The van der Waals surface area contributed by atoms with Crippen LogP contribution in [0.5, 0.6) is 11.5 Å². The van der Waals surface area contributed by atoms with Gasteiger partial charge in [0.1, 0.15) is 17.2 Å². The van der Waals surface area contributed by atoms with E-state index in [9.17, 15) is 4.79 Å². The van der Waals surface area contributed by atoms with E-state index in [0.717, 1.165) is 56.2 Å². The van der Waals surface area contributed by atoms with E-state index >= 15 is 0 Å². The highest BCUT2D eigenvalue weighted by Crippen LogP contribution is 2.37. The van der Waals surface area contributed by atoms with Gasteiger partial charge < -0.3 is 21.1 Å². The topological polar surface area (TPSA) is 121 Å². The fourth-order valence-corrected chi connectivity index (χ4v) is 4.50. The van der Waals surface area contributed by atoms with Gasteiger partial charge in [0.2, 0.25) is 0 Å². The molecule has 2 aromatic carbocycles. The molecule has 0 saturated carbocycles. The molecule has 4 N–H and O–H groups in total. The Balaban J connectivity index is 1.46. The van der Waals surface area contributed by atoms with Crippen molar-refractivity contribution in [1.82, 2.24) is 20.0 Å². The van der Waals surface area contributed by atoms with Crippen LogP contribution in [0.2, 0.25) is 0 Å². The number of benzene rings is 2. The van der Waals surface area contributed by atoms with Gasteiger partial charge in [-0.25, -0.2) is 4.68 Å². The Bertz CT molecular complexity index is 1210. The second-order valence-corrected chi connectivity index (χ2v) is 8.14. The van der Waals surface area contributed by atoms with Gasteiger partial charge in [-0.1, -0.05) is 6.07 Å². The van der Waals surface area contributed by atoms with Crippen LogP contribution in [0.1, 0.15) is 34.2 Å². The summed E-state index contributed by atoms with van der Waals surface area (Å²) in [5.41, 5.74) is 9.00. The van der Waals surface area contributed by atoms with Gasteiger partial charge in [-0.3, -0.25) is 9.69 Å². The Hall–Kier alpha value is -3.87. The first-order valence-corrected chi connectivity index (χ1v) is 11.0. The fraction of sp³-hybridized carbons (Fsp3) is 0.292. The second kappa shape index (κ2) is 8.94. The lowest BCUT2D eigenvalue weighted by Gasteiger charge is -2.36. The normalized spacial score (nSPS) is 18.1. The summed E-state index contributed by atoms with van der Waals surface area (Å²) in [4.78, 5) is 14.8. The zero-order valence-corrected chi connectivity index (χ0v) is 18.1. The number of ether oxygens (including phenoxy) is 1. The predicted octanol–water partition coefficient (Wildman–Crippen LogP) is 2.40. The fourth-order valence-electron chi connectivity index (χ4n) is 4.50. The molecule has 1 amide bonds. The van der Waals surface area contributed by atoms with Crippen LogP contribution in [0.4, 0.5) is 5.69 Å². The lowest BCUT2D eigenvalue weighted by atomic mass is 10.0. The van der Waals surface area contributed by atoms with Crippen LogP contribution in [-0.2, 0) is 0 Å². The Morgan fingerprint density at radius 3 is 2.64 bits per heavy atom. The van der Waals surface area contributed by atoms with E-state index in [2.05, 4.69) is 21.6 Å². The molecule has 1 aromatic heterocycles. The highest BCUT2D eigenvalue weighted by molar-refractivity contribution is 5.98. The molecule has 3 heterocycles. The number of nitrogens with one attached hydrogen (secondary N) is 2. The van der Waals surface area contributed by atoms with E-state index in [4.69, 9.17) is 20.8 Å². The number of hydrogen-bond acceptors (Lipinski definition) is 7. The molecular formula is C24H25N7O2. The van der Waals surface area contributed by atoms with E-state index in [1.807, 2.05) is 12.1 Å². The van der Waals surface area contributed by atoms with Crippen LogP contribution < -0.4 is 21.1 Å². The van der Waals surface area contributed by atoms with Crippen molar-refractivity contribution in [2.24, 2.45) is 5.73 Å². The van der Waals surface area contributed by atoms with Crippen LogP contribution in [0.25, 0.3) is 5.69 Å². The van der Waals surface area contributed by atoms with Crippen molar-refractivity contribution < 1.29 is 9.53 Å². The summed E-state index contributed by atoms with van der Waals surface area (Å²) in [6.07, 6.45) is 0.927. The average Bonchev–Trinajstić information content (AvgIpc) is 3.25. The number of anilines is 1. The van der Waals surface area contributed by atoms with Crippen molar-refractivity contribution in [2.75, 3.05) is 38.0 Å². The zero-order valence-electron chi connectivity index (χ0n) is 18.1. The lowest BCUT2D eigenvalue weighted by molar-refractivity contribution is 0.0993. The number of hydrogen-bond donors (Lipinski definition) is 3. The van der Waals surface area contributed by atoms with Gasteiger partial charge in [-0.2, -0.15) is 10.4 Å². The van der Waals surface area contributed by atoms with Crippen LogP contribution in [0.15, 0.2) is 48.5 Å². The number of piperazine rings is 1.